The number of nitrogens with one attached hydrogen (secondary N) is 1. The Bertz CT molecular complexity index is 1370. The number of hydrogen-bond acceptors (Lipinski definition) is 7. The number of nitriles is 1. The van der Waals surface area contributed by atoms with Gasteiger partial charge in [-0.3, -0.25) is 9.69 Å². The second-order valence-corrected chi connectivity index (χ2v) is 12.3. The minimum absolute atomic E-state index is 0.126. The van der Waals surface area contributed by atoms with Crippen LogP contribution in [0.2, 0.25) is 0 Å². The van der Waals surface area contributed by atoms with E-state index in [1.165, 1.54) is 23.5 Å². The number of sulfone groups is 1. The van der Waals surface area contributed by atoms with Crippen LogP contribution in [0.25, 0.3) is 0 Å². The van der Waals surface area contributed by atoms with E-state index in [2.05, 4.69) is 37.1 Å². The first-order chi connectivity index (χ1) is 16.6. The molecule has 0 fully saturated rings. The van der Waals surface area contributed by atoms with Gasteiger partial charge in [-0.25, -0.2) is 13.4 Å². The van der Waals surface area contributed by atoms with Crippen molar-refractivity contribution in [2.75, 3.05) is 11.6 Å². The van der Waals surface area contributed by atoms with E-state index in [0.717, 1.165) is 34.5 Å². The normalized spacial score (nSPS) is 16.6. The van der Waals surface area contributed by atoms with Crippen molar-refractivity contribution in [3.63, 3.8) is 0 Å². The number of carbonyl (C=O) groups is 1. The standard InChI is InChI=1S/C26H28N4O3S2/c1-16(2)25-24-22(15-30(25)17(3)20-9-5-19(14-27)6-10-20)34-26(29-24)28-23(31)13-18-7-11-21(12-8-18)35(4,32)33/h5-12,16-17,25H,13,15H2,1-4H3,(H,28,29,31)/t17-,25-/m0/s1. The molecule has 182 valence electrons. The lowest BCUT2D eigenvalue weighted by molar-refractivity contribution is -0.115. The lowest BCUT2D eigenvalue weighted by atomic mass is 9.98. The zero-order valence-electron chi connectivity index (χ0n) is 20.1. The van der Waals surface area contributed by atoms with Crippen molar-refractivity contribution in [1.29, 1.82) is 5.26 Å². The highest BCUT2D eigenvalue weighted by Gasteiger charge is 2.38. The van der Waals surface area contributed by atoms with Crippen LogP contribution in [0.3, 0.4) is 0 Å². The summed E-state index contributed by atoms with van der Waals surface area (Å²) in [6, 6.07) is 16.5. The molecule has 0 aliphatic carbocycles. The zero-order chi connectivity index (χ0) is 25.3. The quantitative estimate of drug-likeness (QED) is 0.488. The molecule has 7 nitrogen and oxygen atoms in total. The van der Waals surface area contributed by atoms with Gasteiger partial charge in [0, 0.05) is 23.7 Å². The van der Waals surface area contributed by atoms with Crippen LogP contribution in [0, 0.1) is 17.2 Å². The summed E-state index contributed by atoms with van der Waals surface area (Å²) in [6.45, 7) is 7.27. The van der Waals surface area contributed by atoms with Crippen molar-refractivity contribution >= 4 is 32.2 Å². The Kier molecular flexibility index (Phi) is 7.08. The molecule has 0 bridgehead atoms. The lowest BCUT2D eigenvalue weighted by Gasteiger charge is -2.33. The second-order valence-electron chi connectivity index (χ2n) is 9.24. The number of anilines is 1. The molecule has 9 heteroatoms. The molecule has 1 amide bonds. The summed E-state index contributed by atoms with van der Waals surface area (Å²) in [4.78, 5) is 21.2. The topological polar surface area (TPSA) is 103 Å². The minimum atomic E-state index is -3.26. The van der Waals surface area contributed by atoms with Crippen molar-refractivity contribution in [2.24, 2.45) is 5.92 Å². The number of hydrogen-bond donors (Lipinski definition) is 1. The number of benzene rings is 2. The molecule has 0 spiro atoms. The molecule has 2 atom stereocenters. The van der Waals surface area contributed by atoms with E-state index < -0.39 is 9.84 Å². The number of amides is 1. The number of thiazole rings is 1. The third-order valence-electron chi connectivity index (χ3n) is 6.30. The first-order valence-corrected chi connectivity index (χ1v) is 14.1. The maximum Gasteiger partial charge on any atom is 0.230 e. The van der Waals surface area contributed by atoms with Gasteiger partial charge in [0.15, 0.2) is 15.0 Å². The van der Waals surface area contributed by atoms with Gasteiger partial charge in [0.05, 0.1) is 34.7 Å². The van der Waals surface area contributed by atoms with Crippen LogP contribution in [0.15, 0.2) is 53.4 Å². The van der Waals surface area contributed by atoms with Gasteiger partial charge >= 0.3 is 0 Å². The molecule has 0 saturated heterocycles. The third kappa shape index (κ3) is 5.45. The molecule has 0 saturated carbocycles. The van der Waals surface area contributed by atoms with E-state index in [1.54, 1.807) is 12.1 Å². The Labute approximate surface area is 210 Å². The lowest BCUT2D eigenvalue weighted by Crippen LogP contribution is -2.29. The summed E-state index contributed by atoms with van der Waals surface area (Å²) >= 11 is 1.50. The average molecular weight is 509 g/mol. The Morgan fingerprint density at radius 1 is 1.17 bits per heavy atom. The molecule has 4 rings (SSSR count). The maximum absolute atomic E-state index is 12.6. The Hall–Kier alpha value is -3.06. The van der Waals surface area contributed by atoms with E-state index in [-0.39, 0.29) is 29.3 Å². The van der Waals surface area contributed by atoms with Gasteiger partial charge in [0.1, 0.15) is 0 Å². The van der Waals surface area contributed by atoms with Gasteiger partial charge in [-0.15, -0.1) is 11.3 Å². The number of nitrogens with zero attached hydrogens (tertiary/aromatic N) is 3. The second kappa shape index (κ2) is 9.90. The Morgan fingerprint density at radius 3 is 2.40 bits per heavy atom. The largest absolute Gasteiger partial charge is 0.302 e. The van der Waals surface area contributed by atoms with E-state index in [9.17, 15) is 13.2 Å². The third-order valence-corrected chi connectivity index (χ3v) is 8.40. The fraction of sp³-hybridized carbons (Fsp3) is 0.346. The van der Waals surface area contributed by atoms with Gasteiger partial charge in [0.25, 0.3) is 0 Å². The van der Waals surface area contributed by atoms with Crippen molar-refractivity contribution in [3.05, 3.63) is 75.8 Å². The van der Waals surface area contributed by atoms with Crippen molar-refractivity contribution in [2.45, 2.75) is 50.7 Å². The monoisotopic (exact) mass is 508 g/mol. The Balaban J connectivity index is 1.46. The predicted molar refractivity (Wildman–Crippen MR) is 137 cm³/mol. The van der Waals surface area contributed by atoms with Crippen LogP contribution in [-0.4, -0.2) is 30.5 Å². The van der Waals surface area contributed by atoms with Gasteiger partial charge in [-0.1, -0.05) is 38.1 Å². The van der Waals surface area contributed by atoms with Gasteiger partial charge < -0.3 is 5.32 Å². The number of aromatic nitrogens is 1. The molecule has 0 radical (unpaired) electrons. The SMILES string of the molecule is CC(C)[C@H]1c2nc(NC(=O)Cc3ccc(S(C)(=O)=O)cc3)sc2CN1[C@@H](C)c1ccc(C#N)cc1. The highest BCUT2D eigenvalue weighted by molar-refractivity contribution is 7.90. The summed E-state index contributed by atoms with van der Waals surface area (Å²) in [5.74, 6) is 0.143. The van der Waals surface area contributed by atoms with Crippen LogP contribution < -0.4 is 5.32 Å². The van der Waals surface area contributed by atoms with Crippen LogP contribution >= 0.6 is 11.3 Å². The highest BCUT2D eigenvalue weighted by Crippen LogP contribution is 2.46. The Morgan fingerprint density at radius 2 is 1.83 bits per heavy atom. The van der Waals surface area contributed by atoms with Crippen molar-refractivity contribution in [3.8, 4) is 6.07 Å². The fourth-order valence-corrected chi connectivity index (χ4v) is 6.15. The van der Waals surface area contributed by atoms with Gasteiger partial charge in [-0.2, -0.15) is 5.26 Å². The molecular weight excluding hydrogens is 480 g/mol. The number of carbonyl (C=O) groups excluding carboxylic acids is 1. The van der Waals surface area contributed by atoms with Crippen molar-refractivity contribution in [1.82, 2.24) is 9.88 Å². The number of fused-ring (bicyclic) bond motifs is 1. The molecule has 0 unspecified atom stereocenters. The first-order valence-electron chi connectivity index (χ1n) is 11.4. The summed E-state index contributed by atoms with van der Waals surface area (Å²) in [5.41, 5.74) is 3.55. The molecule has 3 aromatic rings. The maximum atomic E-state index is 12.6. The summed E-state index contributed by atoms with van der Waals surface area (Å²) in [6.07, 6.45) is 1.30. The van der Waals surface area contributed by atoms with Crippen LogP contribution in [0.4, 0.5) is 5.13 Å². The molecule has 1 N–H and O–H groups in total. The van der Waals surface area contributed by atoms with E-state index >= 15 is 0 Å². The van der Waals surface area contributed by atoms with Gasteiger partial charge in [0.2, 0.25) is 5.91 Å². The smallest absolute Gasteiger partial charge is 0.230 e. The zero-order valence-corrected chi connectivity index (χ0v) is 21.8. The molecule has 35 heavy (non-hydrogen) atoms. The van der Waals surface area contributed by atoms with Gasteiger partial charge in [-0.05, 0) is 48.2 Å². The molecule has 1 aromatic heterocycles. The summed E-state index contributed by atoms with van der Waals surface area (Å²) in [5, 5.41) is 12.6. The first kappa shape index (κ1) is 25.0. The van der Waals surface area contributed by atoms with Crippen LogP contribution in [0.1, 0.15) is 60.1 Å². The van der Waals surface area contributed by atoms with E-state index in [1.807, 2.05) is 24.3 Å². The molecule has 2 heterocycles. The fourth-order valence-electron chi connectivity index (χ4n) is 4.49. The summed E-state index contributed by atoms with van der Waals surface area (Å²) < 4.78 is 23.2. The predicted octanol–water partition coefficient (Wildman–Crippen LogP) is 4.87. The number of rotatable bonds is 7. The minimum Gasteiger partial charge on any atom is -0.302 e. The van der Waals surface area contributed by atoms with Crippen molar-refractivity contribution < 1.29 is 13.2 Å². The van der Waals surface area contributed by atoms with E-state index in [0.29, 0.717) is 16.6 Å². The average Bonchev–Trinajstić information content (AvgIpc) is 3.35. The van der Waals surface area contributed by atoms with Crippen LogP contribution in [-0.2, 0) is 27.6 Å². The van der Waals surface area contributed by atoms with Crippen LogP contribution in [0.5, 0.6) is 0 Å². The molecule has 2 aromatic carbocycles. The highest BCUT2D eigenvalue weighted by atomic mass is 32.2. The summed E-state index contributed by atoms with van der Waals surface area (Å²) in [7, 11) is -3.26. The molecule has 1 aliphatic rings. The van der Waals surface area contributed by atoms with E-state index in [4.69, 9.17) is 10.2 Å². The molecule has 1 aliphatic heterocycles. The molecular formula is C26H28N4O3S2.